The van der Waals surface area contributed by atoms with Gasteiger partial charge in [-0.1, -0.05) is 43.0 Å². The monoisotopic (exact) mass is 445 g/mol. The molecule has 0 atom stereocenters. The highest BCUT2D eigenvalue weighted by Crippen LogP contribution is 2.26. The zero-order valence-electron chi connectivity index (χ0n) is 17.6. The Morgan fingerprint density at radius 2 is 1.78 bits per heavy atom. The van der Waals surface area contributed by atoms with Gasteiger partial charge in [0.2, 0.25) is 5.91 Å². The summed E-state index contributed by atoms with van der Waals surface area (Å²) in [6, 6.07) is 20.7. The Labute approximate surface area is 190 Å². The van der Waals surface area contributed by atoms with E-state index in [0.717, 1.165) is 35.3 Å². The normalized spacial score (nSPS) is 10.7. The second-order valence-electron chi connectivity index (χ2n) is 6.97. The van der Waals surface area contributed by atoms with Crippen molar-refractivity contribution < 1.29 is 9.53 Å². The first kappa shape index (κ1) is 21.6. The topological polar surface area (TPSA) is 81.9 Å². The number of rotatable bonds is 9. The zero-order valence-corrected chi connectivity index (χ0v) is 18.5. The van der Waals surface area contributed by atoms with Gasteiger partial charge in [-0.2, -0.15) is 0 Å². The van der Waals surface area contributed by atoms with E-state index in [4.69, 9.17) is 4.74 Å². The number of anilines is 1. The summed E-state index contributed by atoms with van der Waals surface area (Å²) in [6.07, 6.45) is 4.40. The highest BCUT2D eigenvalue weighted by molar-refractivity contribution is 7.99. The summed E-state index contributed by atoms with van der Waals surface area (Å²) in [5, 5.41) is 12.3. The number of hydrogen-bond donors (Lipinski definition) is 1. The fourth-order valence-corrected chi connectivity index (χ4v) is 3.89. The summed E-state index contributed by atoms with van der Waals surface area (Å²) in [4.78, 5) is 16.6. The minimum absolute atomic E-state index is 0.122. The van der Waals surface area contributed by atoms with Gasteiger partial charge in [0.25, 0.3) is 0 Å². The molecule has 162 valence electrons. The van der Waals surface area contributed by atoms with Crippen LogP contribution in [-0.4, -0.2) is 31.4 Å². The van der Waals surface area contributed by atoms with Crippen molar-refractivity contribution in [2.24, 2.45) is 0 Å². The molecule has 1 amide bonds. The van der Waals surface area contributed by atoms with E-state index in [1.807, 2.05) is 65.2 Å². The first-order chi connectivity index (χ1) is 15.7. The second kappa shape index (κ2) is 10.6. The minimum Gasteiger partial charge on any atom is -0.457 e. The fraction of sp³-hybridized carbons (Fsp3) is 0.167. The number of para-hydroxylation sites is 1. The van der Waals surface area contributed by atoms with Crippen molar-refractivity contribution in [2.75, 3.05) is 11.1 Å². The molecule has 0 radical (unpaired) electrons. The van der Waals surface area contributed by atoms with E-state index in [1.54, 1.807) is 18.5 Å². The van der Waals surface area contributed by atoms with Crippen molar-refractivity contribution in [2.45, 2.75) is 25.0 Å². The van der Waals surface area contributed by atoms with Crippen LogP contribution in [0, 0.1) is 0 Å². The van der Waals surface area contributed by atoms with Crippen LogP contribution in [-0.2, 0) is 11.3 Å². The molecule has 0 aliphatic heterocycles. The molecule has 0 unspecified atom stereocenters. The van der Waals surface area contributed by atoms with Crippen molar-refractivity contribution in [3.63, 3.8) is 0 Å². The maximum Gasteiger partial charge on any atom is 0.234 e. The predicted octanol–water partition coefficient (Wildman–Crippen LogP) is 5.27. The molecule has 2 aromatic carbocycles. The van der Waals surface area contributed by atoms with Crippen molar-refractivity contribution in [1.29, 1.82) is 0 Å². The number of hydrogen-bond acceptors (Lipinski definition) is 6. The van der Waals surface area contributed by atoms with E-state index in [1.165, 1.54) is 11.8 Å². The van der Waals surface area contributed by atoms with Gasteiger partial charge in [-0.05, 0) is 42.8 Å². The van der Waals surface area contributed by atoms with Crippen LogP contribution in [0.25, 0.3) is 11.4 Å². The second-order valence-corrected chi connectivity index (χ2v) is 7.92. The Morgan fingerprint density at radius 1 is 1.00 bits per heavy atom. The number of carbonyl (C=O) groups is 1. The van der Waals surface area contributed by atoms with Crippen molar-refractivity contribution in [3.05, 3.63) is 79.1 Å². The highest BCUT2D eigenvalue weighted by Gasteiger charge is 2.15. The van der Waals surface area contributed by atoms with Crippen LogP contribution in [0.3, 0.4) is 0 Å². The third-order valence-electron chi connectivity index (χ3n) is 4.53. The summed E-state index contributed by atoms with van der Waals surface area (Å²) in [5.41, 5.74) is 1.63. The molecule has 0 spiro atoms. The lowest BCUT2D eigenvalue weighted by Crippen LogP contribution is -2.14. The van der Waals surface area contributed by atoms with Crippen molar-refractivity contribution in [3.8, 4) is 22.9 Å². The number of ether oxygens (including phenoxy) is 1. The molecule has 1 N–H and O–H groups in total. The van der Waals surface area contributed by atoms with Gasteiger partial charge in [0.05, 0.1) is 5.75 Å². The Kier molecular flexibility index (Phi) is 7.14. The van der Waals surface area contributed by atoms with Gasteiger partial charge >= 0.3 is 0 Å². The summed E-state index contributed by atoms with van der Waals surface area (Å²) in [7, 11) is 0. The molecule has 0 fully saturated rings. The Morgan fingerprint density at radius 3 is 2.56 bits per heavy atom. The summed E-state index contributed by atoms with van der Waals surface area (Å²) >= 11 is 1.37. The molecule has 7 nitrogen and oxygen atoms in total. The number of carbonyl (C=O) groups excluding carboxylic acids is 1. The molecule has 0 saturated heterocycles. The standard InChI is InChI=1S/C24H23N5O2S/c1-2-15-29-23(18-11-13-25-14-12-18)27-28-24(29)32-17-22(30)26-19-7-6-10-21(16-19)31-20-8-4-3-5-9-20/h3-14,16H,2,15,17H2,1H3,(H,26,30). The Balaban J connectivity index is 1.39. The predicted molar refractivity (Wildman–Crippen MR) is 126 cm³/mol. The molecule has 0 saturated carbocycles. The molecule has 0 bridgehead atoms. The summed E-state index contributed by atoms with van der Waals surface area (Å²) in [6.45, 7) is 2.87. The maximum absolute atomic E-state index is 12.6. The Bertz CT molecular complexity index is 1170. The van der Waals surface area contributed by atoms with E-state index < -0.39 is 0 Å². The van der Waals surface area contributed by atoms with Crippen molar-refractivity contribution >= 4 is 23.4 Å². The molecule has 0 aliphatic rings. The molecule has 4 aromatic rings. The van der Waals surface area contributed by atoms with Crippen molar-refractivity contribution in [1.82, 2.24) is 19.7 Å². The molecule has 32 heavy (non-hydrogen) atoms. The molecular weight excluding hydrogens is 422 g/mol. The van der Waals surface area contributed by atoms with Crippen LogP contribution in [0.4, 0.5) is 5.69 Å². The maximum atomic E-state index is 12.6. The third-order valence-corrected chi connectivity index (χ3v) is 5.50. The molecular formula is C24H23N5O2S. The van der Waals surface area contributed by atoms with Crippen LogP contribution in [0.2, 0.25) is 0 Å². The molecule has 8 heteroatoms. The lowest BCUT2D eigenvalue weighted by atomic mass is 10.2. The molecule has 4 rings (SSSR count). The SMILES string of the molecule is CCCn1c(SCC(=O)Nc2cccc(Oc3ccccc3)c2)nnc1-c1ccncc1. The number of nitrogens with zero attached hydrogens (tertiary/aromatic N) is 4. The average Bonchev–Trinajstić information content (AvgIpc) is 3.22. The molecule has 2 aromatic heterocycles. The smallest absolute Gasteiger partial charge is 0.234 e. The minimum atomic E-state index is -0.122. The Hall–Kier alpha value is -3.65. The molecule has 2 heterocycles. The largest absolute Gasteiger partial charge is 0.457 e. The molecule has 0 aliphatic carbocycles. The van der Waals surface area contributed by atoms with Gasteiger partial charge in [0.15, 0.2) is 11.0 Å². The van der Waals surface area contributed by atoms with E-state index in [-0.39, 0.29) is 11.7 Å². The lowest BCUT2D eigenvalue weighted by molar-refractivity contribution is -0.113. The van der Waals surface area contributed by atoms with Gasteiger partial charge in [0.1, 0.15) is 11.5 Å². The quantitative estimate of drug-likeness (QED) is 0.353. The first-order valence-electron chi connectivity index (χ1n) is 10.3. The number of pyridine rings is 1. The van der Waals surface area contributed by atoms with Crippen LogP contribution in [0.15, 0.2) is 84.3 Å². The number of thioether (sulfide) groups is 1. The third kappa shape index (κ3) is 5.53. The van der Waals surface area contributed by atoms with E-state index in [2.05, 4.69) is 27.4 Å². The average molecular weight is 446 g/mol. The van der Waals surface area contributed by atoms with Crippen LogP contribution >= 0.6 is 11.8 Å². The fourth-order valence-electron chi connectivity index (χ4n) is 3.12. The van der Waals surface area contributed by atoms with Gasteiger partial charge in [-0.25, -0.2) is 0 Å². The number of aromatic nitrogens is 4. The van der Waals surface area contributed by atoms with E-state index >= 15 is 0 Å². The van der Waals surface area contributed by atoms with Crippen LogP contribution in [0.1, 0.15) is 13.3 Å². The van der Waals surface area contributed by atoms with Gasteiger partial charge in [-0.3, -0.25) is 9.78 Å². The van der Waals surface area contributed by atoms with Gasteiger partial charge in [0, 0.05) is 36.3 Å². The summed E-state index contributed by atoms with van der Waals surface area (Å²) < 4.78 is 7.88. The van der Waals surface area contributed by atoms with Crippen LogP contribution < -0.4 is 10.1 Å². The van der Waals surface area contributed by atoms with Gasteiger partial charge in [-0.15, -0.1) is 10.2 Å². The highest BCUT2D eigenvalue weighted by atomic mass is 32.2. The lowest BCUT2D eigenvalue weighted by Gasteiger charge is -2.10. The van der Waals surface area contributed by atoms with E-state index in [0.29, 0.717) is 11.4 Å². The summed E-state index contributed by atoms with van der Waals surface area (Å²) in [5.74, 6) is 2.28. The van der Waals surface area contributed by atoms with Crippen LogP contribution in [0.5, 0.6) is 11.5 Å². The van der Waals surface area contributed by atoms with Gasteiger partial charge < -0.3 is 14.6 Å². The first-order valence-corrected chi connectivity index (χ1v) is 11.3. The number of nitrogens with one attached hydrogen (secondary N) is 1. The van der Waals surface area contributed by atoms with E-state index in [9.17, 15) is 4.79 Å². The number of amides is 1. The zero-order chi connectivity index (χ0) is 22.2. The number of benzene rings is 2.